The lowest BCUT2D eigenvalue weighted by atomic mass is 9.90. The molecule has 0 fully saturated rings. The maximum atomic E-state index is 11.9. The highest BCUT2D eigenvalue weighted by molar-refractivity contribution is 7.18. The normalized spacial score (nSPS) is 11.2. The van der Waals surface area contributed by atoms with Gasteiger partial charge in [0, 0.05) is 20.1 Å². The molecule has 0 radical (unpaired) electrons. The molecular weight excluding hydrogens is 264 g/mol. The average Bonchev–Trinajstić information content (AvgIpc) is 2.73. The zero-order valence-corrected chi connectivity index (χ0v) is 12.3. The summed E-state index contributed by atoms with van der Waals surface area (Å²) in [7, 11) is 0. The smallest absolute Gasteiger partial charge is 0.261 e. The number of carbonyl (C=O) groups is 2. The van der Waals surface area contributed by atoms with E-state index in [0.717, 1.165) is 0 Å². The second kappa shape index (κ2) is 6.68. The van der Waals surface area contributed by atoms with Crippen molar-refractivity contribution in [2.45, 2.75) is 27.2 Å². The Morgan fingerprint density at radius 2 is 2.05 bits per heavy atom. The van der Waals surface area contributed by atoms with Crippen LogP contribution in [0.3, 0.4) is 0 Å². The summed E-state index contributed by atoms with van der Waals surface area (Å²) in [6.45, 7) is 6.01. The van der Waals surface area contributed by atoms with Crippen molar-refractivity contribution >= 4 is 28.2 Å². The predicted octanol–water partition coefficient (Wildman–Crippen LogP) is 1.84. The van der Waals surface area contributed by atoms with E-state index in [-0.39, 0.29) is 23.8 Å². The second-order valence-corrected chi connectivity index (χ2v) is 6.25. The van der Waals surface area contributed by atoms with Crippen molar-refractivity contribution in [2.24, 2.45) is 5.41 Å². The molecule has 0 saturated heterocycles. The van der Waals surface area contributed by atoms with Gasteiger partial charge < -0.3 is 15.7 Å². The Labute approximate surface area is 117 Å². The van der Waals surface area contributed by atoms with Gasteiger partial charge in [-0.05, 0) is 24.0 Å². The van der Waals surface area contributed by atoms with Gasteiger partial charge in [-0.3, -0.25) is 9.59 Å². The molecule has 0 spiro atoms. The van der Waals surface area contributed by atoms with Crippen LogP contribution in [0, 0.1) is 5.41 Å². The van der Waals surface area contributed by atoms with Crippen LogP contribution in [-0.2, 0) is 4.79 Å². The van der Waals surface area contributed by atoms with E-state index in [4.69, 9.17) is 5.11 Å². The first-order valence-electron chi connectivity index (χ1n) is 6.10. The number of amides is 2. The molecule has 106 valence electrons. The molecule has 3 N–H and O–H groups in total. The molecule has 0 aliphatic rings. The molecule has 6 heteroatoms. The van der Waals surface area contributed by atoms with E-state index < -0.39 is 0 Å². The van der Waals surface area contributed by atoms with Crippen molar-refractivity contribution in [1.29, 1.82) is 0 Å². The molecule has 0 aliphatic carbocycles. The SMILES string of the molecule is CC(=O)Nc1ccc(C(=O)NCC(C)(C)CCO)s1. The summed E-state index contributed by atoms with van der Waals surface area (Å²) in [5, 5.41) is 15.1. The first-order valence-corrected chi connectivity index (χ1v) is 6.92. The van der Waals surface area contributed by atoms with Crippen LogP contribution < -0.4 is 10.6 Å². The van der Waals surface area contributed by atoms with Crippen molar-refractivity contribution < 1.29 is 14.7 Å². The maximum absolute atomic E-state index is 11.9. The summed E-state index contributed by atoms with van der Waals surface area (Å²) >= 11 is 1.24. The molecule has 1 aromatic heterocycles. The topological polar surface area (TPSA) is 78.4 Å². The van der Waals surface area contributed by atoms with Crippen LogP contribution in [0.1, 0.15) is 36.9 Å². The summed E-state index contributed by atoms with van der Waals surface area (Å²) in [5.74, 6) is -0.314. The molecule has 0 saturated carbocycles. The molecule has 0 bridgehead atoms. The van der Waals surface area contributed by atoms with Gasteiger partial charge in [0.15, 0.2) is 0 Å². The lowest BCUT2D eigenvalue weighted by Crippen LogP contribution is -2.34. The Hall–Kier alpha value is -1.40. The van der Waals surface area contributed by atoms with E-state index in [2.05, 4.69) is 10.6 Å². The third-order valence-corrected chi connectivity index (χ3v) is 3.64. The molecule has 19 heavy (non-hydrogen) atoms. The van der Waals surface area contributed by atoms with Crippen LogP contribution in [0.15, 0.2) is 12.1 Å². The number of aliphatic hydroxyl groups is 1. The van der Waals surface area contributed by atoms with Crippen LogP contribution in [0.2, 0.25) is 0 Å². The first-order chi connectivity index (χ1) is 8.84. The van der Waals surface area contributed by atoms with Gasteiger partial charge in [0.05, 0.1) is 9.88 Å². The summed E-state index contributed by atoms with van der Waals surface area (Å²) in [5.41, 5.74) is -0.137. The minimum absolute atomic E-state index is 0.106. The van der Waals surface area contributed by atoms with Crippen molar-refractivity contribution in [1.82, 2.24) is 5.32 Å². The molecule has 1 rings (SSSR count). The Bertz CT molecular complexity index is 454. The van der Waals surface area contributed by atoms with Crippen LogP contribution in [0.25, 0.3) is 0 Å². The van der Waals surface area contributed by atoms with Gasteiger partial charge in [-0.25, -0.2) is 0 Å². The van der Waals surface area contributed by atoms with E-state index in [0.29, 0.717) is 22.8 Å². The number of anilines is 1. The fraction of sp³-hybridized carbons (Fsp3) is 0.538. The number of rotatable bonds is 6. The van der Waals surface area contributed by atoms with Gasteiger partial charge in [0.25, 0.3) is 5.91 Å². The Morgan fingerprint density at radius 3 is 2.63 bits per heavy atom. The average molecular weight is 284 g/mol. The fourth-order valence-electron chi connectivity index (χ4n) is 1.50. The number of hydrogen-bond donors (Lipinski definition) is 3. The molecule has 2 amide bonds. The number of hydrogen-bond acceptors (Lipinski definition) is 4. The number of aliphatic hydroxyl groups excluding tert-OH is 1. The minimum Gasteiger partial charge on any atom is -0.396 e. The van der Waals surface area contributed by atoms with Crippen LogP contribution in [0.4, 0.5) is 5.00 Å². The predicted molar refractivity (Wildman–Crippen MR) is 76.4 cm³/mol. The van der Waals surface area contributed by atoms with Gasteiger partial charge in [-0.15, -0.1) is 11.3 Å². The quantitative estimate of drug-likeness (QED) is 0.746. The highest BCUT2D eigenvalue weighted by atomic mass is 32.1. The van der Waals surface area contributed by atoms with Crippen LogP contribution in [0.5, 0.6) is 0 Å². The zero-order chi connectivity index (χ0) is 14.5. The minimum atomic E-state index is -0.160. The number of carbonyl (C=O) groups excluding carboxylic acids is 2. The molecule has 0 aliphatic heterocycles. The van der Waals surface area contributed by atoms with Gasteiger partial charge in [-0.1, -0.05) is 13.8 Å². The third-order valence-electron chi connectivity index (χ3n) is 2.65. The monoisotopic (exact) mass is 284 g/mol. The van der Waals surface area contributed by atoms with Crippen LogP contribution >= 0.6 is 11.3 Å². The van der Waals surface area contributed by atoms with Crippen molar-refractivity contribution in [2.75, 3.05) is 18.5 Å². The van der Waals surface area contributed by atoms with E-state index in [1.54, 1.807) is 12.1 Å². The standard InChI is InChI=1S/C13H20N2O3S/c1-9(17)15-11-5-4-10(19-11)12(18)14-8-13(2,3)6-7-16/h4-5,16H,6-8H2,1-3H3,(H,14,18)(H,15,17). The van der Waals surface area contributed by atoms with Gasteiger partial charge >= 0.3 is 0 Å². The van der Waals surface area contributed by atoms with E-state index >= 15 is 0 Å². The summed E-state index contributed by atoms with van der Waals surface area (Å²) in [4.78, 5) is 23.4. The van der Waals surface area contributed by atoms with E-state index in [9.17, 15) is 9.59 Å². The molecular formula is C13H20N2O3S. The molecule has 1 aromatic rings. The fourth-order valence-corrected chi connectivity index (χ4v) is 2.37. The van der Waals surface area contributed by atoms with E-state index in [1.807, 2.05) is 13.8 Å². The third kappa shape index (κ3) is 5.40. The molecule has 0 atom stereocenters. The molecule has 1 heterocycles. The molecule has 0 unspecified atom stereocenters. The molecule has 5 nitrogen and oxygen atoms in total. The summed E-state index contributed by atoms with van der Waals surface area (Å²) < 4.78 is 0. The number of nitrogens with one attached hydrogen (secondary N) is 2. The molecule has 0 aromatic carbocycles. The lowest BCUT2D eigenvalue weighted by molar-refractivity contribution is -0.114. The maximum Gasteiger partial charge on any atom is 0.261 e. The Morgan fingerprint density at radius 1 is 1.37 bits per heavy atom. The van der Waals surface area contributed by atoms with Crippen molar-refractivity contribution in [3.05, 3.63) is 17.0 Å². The van der Waals surface area contributed by atoms with Crippen molar-refractivity contribution in [3.8, 4) is 0 Å². The van der Waals surface area contributed by atoms with Crippen LogP contribution in [-0.4, -0.2) is 30.1 Å². The second-order valence-electron chi connectivity index (χ2n) is 5.17. The largest absolute Gasteiger partial charge is 0.396 e. The Kier molecular flexibility index (Phi) is 5.50. The summed E-state index contributed by atoms with van der Waals surface area (Å²) in [6, 6.07) is 3.39. The van der Waals surface area contributed by atoms with E-state index in [1.165, 1.54) is 18.3 Å². The van der Waals surface area contributed by atoms with Gasteiger partial charge in [0.1, 0.15) is 0 Å². The highest BCUT2D eigenvalue weighted by Crippen LogP contribution is 2.23. The van der Waals surface area contributed by atoms with Gasteiger partial charge in [-0.2, -0.15) is 0 Å². The van der Waals surface area contributed by atoms with Gasteiger partial charge in [0.2, 0.25) is 5.91 Å². The lowest BCUT2D eigenvalue weighted by Gasteiger charge is -2.23. The number of thiophene rings is 1. The Balaban J connectivity index is 2.54. The first kappa shape index (κ1) is 15.7. The summed E-state index contributed by atoms with van der Waals surface area (Å²) in [6.07, 6.45) is 0.634. The highest BCUT2D eigenvalue weighted by Gasteiger charge is 2.19. The zero-order valence-electron chi connectivity index (χ0n) is 11.4. The van der Waals surface area contributed by atoms with Crippen molar-refractivity contribution in [3.63, 3.8) is 0 Å².